The molecule has 2 rings (SSSR count). The van der Waals surface area contributed by atoms with Crippen LogP contribution in [0.3, 0.4) is 0 Å². The molecular formula is C14H13ClN2O2. The number of benzene rings is 2. The number of oxime groups is 2. The first-order chi connectivity index (χ1) is 9.27. The smallest absolute Gasteiger partial charge is 0.175 e. The van der Waals surface area contributed by atoms with E-state index in [9.17, 15) is 0 Å². The van der Waals surface area contributed by atoms with Crippen LogP contribution in [0.1, 0.15) is 11.1 Å². The van der Waals surface area contributed by atoms with Gasteiger partial charge in [-0.3, -0.25) is 0 Å². The summed E-state index contributed by atoms with van der Waals surface area (Å²) in [5.74, 6) is 0. The first-order valence-electron chi connectivity index (χ1n) is 5.43. The zero-order valence-electron chi connectivity index (χ0n) is 10.0. The Hall–Kier alpha value is -2.33. The second-order valence-corrected chi connectivity index (χ2v) is 3.77. The minimum atomic E-state index is 0.112. The van der Waals surface area contributed by atoms with Crippen LogP contribution in [0.15, 0.2) is 71.0 Å². The molecule has 0 atom stereocenters. The van der Waals surface area contributed by atoms with Crippen molar-refractivity contribution in [2.45, 2.75) is 0 Å². The van der Waals surface area contributed by atoms with Crippen LogP contribution in [0.25, 0.3) is 0 Å². The van der Waals surface area contributed by atoms with Gasteiger partial charge < -0.3 is 10.4 Å². The van der Waals surface area contributed by atoms with E-state index in [1.165, 1.54) is 6.21 Å². The van der Waals surface area contributed by atoms with Crippen molar-refractivity contribution in [2.24, 2.45) is 10.3 Å². The van der Waals surface area contributed by atoms with Crippen LogP contribution in [0, 0.1) is 0 Å². The highest BCUT2D eigenvalue weighted by atomic mass is 35.5. The van der Waals surface area contributed by atoms with E-state index in [0.717, 1.165) is 5.56 Å². The summed E-state index contributed by atoms with van der Waals surface area (Å²) in [4.78, 5) is 0. The average Bonchev–Trinajstić information content (AvgIpc) is 2.49. The molecule has 0 amide bonds. The molecule has 0 aliphatic rings. The summed E-state index contributed by atoms with van der Waals surface area (Å²) in [5.41, 5.74) is 1.62. The van der Waals surface area contributed by atoms with Gasteiger partial charge in [0.2, 0.25) is 0 Å². The molecule has 0 radical (unpaired) electrons. The van der Waals surface area contributed by atoms with Gasteiger partial charge in [0, 0.05) is 5.56 Å². The molecule has 2 aromatic rings. The van der Waals surface area contributed by atoms with E-state index in [2.05, 4.69) is 10.3 Å². The van der Waals surface area contributed by atoms with Crippen molar-refractivity contribution in [1.82, 2.24) is 0 Å². The molecule has 0 fully saturated rings. The fourth-order valence-corrected chi connectivity index (χ4v) is 1.37. The summed E-state index contributed by atoms with van der Waals surface area (Å²) >= 11 is 5.49. The minimum absolute atomic E-state index is 0.112. The zero-order chi connectivity index (χ0) is 13.9. The van der Waals surface area contributed by atoms with Gasteiger partial charge in [0.05, 0.1) is 6.21 Å². The third kappa shape index (κ3) is 5.70. The predicted molar refractivity (Wildman–Crippen MR) is 76.4 cm³/mol. The molecule has 0 heterocycles. The minimum Gasteiger partial charge on any atom is -0.411 e. The van der Waals surface area contributed by atoms with Crippen molar-refractivity contribution < 1.29 is 10.4 Å². The van der Waals surface area contributed by atoms with Crippen molar-refractivity contribution >= 4 is 23.0 Å². The third-order valence-corrected chi connectivity index (χ3v) is 2.40. The van der Waals surface area contributed by atoms with Gasteiger partial charge in [-0.05, 0) is 5.56 Å². The number of rotatable bonds is 2. The SMILES string of the molecule is O/N=C(\Cl)c1ccccc1.O/N=C/c1ccccc1. The topological polar surface area (TPSA) is 65.2 Å². The molecule has 0 unspecified atom stereocenters. The summed E-state index contributed by atoms with van der Waals surface area (Å²) in [7, 11) is 0. The zero-order valence-corrected chi connectivity index (χ0v) is 10.8. The van der Waals surface area contributed by atoms with Crippen LogP contribution in [-0.2, 0) is 0 Å². The number of halogens is 1. The molecule has 0 aliphatic carbocycles. The van der Waals surface area contributed by atoms with E-state index >= 15 is 0 Å². The highest BCUT2D eigenvalue weighted by Gasteiger charge is 1.95. The van der Waals surface area contributed by atoms with E-state index in [4.69, 9.17) is 22.0 Å². The number of hydrogen-bond donors (Lipinski definition) is 2. The summed E-state index contributed by atoms with van der Waals surface area (Å²) in [6.07, 6.45) is 1.39. The molecule has 19 heavy (non-hydrogen) atoms. The molecule has 0 aromatic heterocycles. The van der Waals surface area contributed by atoms with Gasteiger partial charge in [-0.25, -0.2) is 0 Å². The van der Waals surface area contributed by atoms with Gasteiger partial charge in [0.1, 0.15) is 0 Å². The Morgan fingerprint density at radius 2 is 1.42 bits per heavy atom. The van der Waals surface area contributed by atoms with E-state index < -0.39 is 0 Å². The van der Waals surface area contributed by atoms with E-state index in [1.54, 1.807) is 12.1 Å². The Bertz CT molecular complexity index is 528. The number of nitrogens with zero attached hydrogens (tertiary/aromatic N) is 2. The van der Waals surface area contributed by atoms with Crippen molar-refractivity contribution in [2.75, 3.05) is 0 Å². The highest BCUT2D eigenvalue weighted by molar-refractivity contribution is 6.69. The van der Waals surface area contributed by atoms with Gasteiger partial charge >= 0.3 is 0 Å². The Balaban J connectivity index is 0.000000191. The molecule has 0 bridgehead atoms. The largest absolute Gasteiger partial charge is 0.411 e. The van der Waals surface area contributed by atoms with Crippen molar-refractivity contribution in [1.29, 1.82) is 0 Å². The summed E-state index contributed by atoms with van der Waals surface area (Å²) < 4.78 is 0. The Morgan fingerprint density at radius 1 is 0.895 bits per heavy atom. The maximum atomic E-state index is 8.24. The molecular weight excluding hydrogens is 264 g/mol. The normalized spacial score (nSPS) is 10.9. The third-order valence-electron chi connectivity index (χ3n) is 2.11. The van der Waals surface area contributed by atoms with Crippen LogP contribution in [-0.4, -0.2) is 21.8 Å². The Labute approximate surface area is 116 Å². The second-order valence-electron chi connectivity index (χ2n) is 3.41. The molecule has 2 aromatic carbocycles. The van der Waals surface area contributed by atoms with Crippen LogP contribution in [0.2, 0.25) is 0 Å². The van der Waals surface area contributed by atoms with E-state index in [0.29, 0.717) is 5.56 Å². The van der Waals surface area contributed by atoms with E-state index in [-0.39, 0.29) is 5.17 Å². The highest BCUT2D eigenvalue weighted by Crippen LogP contribution is 2.03. The van der Waals surface area contributed by atoms with Crippen LogP contribution >= 0.6 is 11.6 Å². The molecule has 0 aliphatic heterocycles. The first-order valence-corrected chi connectivity index (χ1v) is 5.81. The summed E-state index contributed by atoms with van der Waals surface area (Å²) in [6.45, 7) is 0. The van der Waals surface area contributed by atoms with Gasteiger partial charge in [-0.15, -0.1) is 0 Å². The van der Waals surface area contributed by atoms with Gasteiger partial charge in [0.25, 0.3) is 0 Å². The lowest BCUT2D eigenvalue weighted by atomic mass is 10.2. The molecule has 4 nitrogen and oxygen atoms in total. The molecule has 2 N–H and O–H groups in total. The average molecular weight is 277 g/mol. The molecule has 0 saturated carbocycles. The van der Waals surface area contributed by atoms with Crippen molar-refractivity contribution in [3.63, 3.8) is 0 Å². The van der Waals surface area contributed by atoms with Crippen LogP contribution < -0.4 is 0 Å². The van der Waals surface area contributed by atoms with E-state index in [1.807, 2.05) is 48.5 Å². The quantitative estimate of drug-likeness (QED) is 0.500. The predicted octanol–water partition coefficient (Wildman–Crippen LogP) is 3.56. The Morgan fingerprint density at radius 3 is 1.89 bits per heavy atom. The molecule has 0 spiro atoms. The standard InChI is InChI=1S/C7H6ClNO.C7H7NO/c8-7(9-10)6-4-2-1-3-5-6;9-8-6-7-4-2-1-3-5-7/h1-5,10H;1-6,9H/b9-7-;8-6+. The monoisotopic (exact) mass is 276 g/mol. The van der Waals surface area contributed by atoms with Crippen molar-refractivity contribution in [3.8, 4) is 0 Å². The summed E-state index contributed by atoms with van der Waals surface area (Å²) in [6, 6.07) is 18.4. The van der Waals surface area contributed by atoms with Gasteiger partial charge in [0.15, 0.2) is 5.17 Å². The van der Waals surface area contributed by atoms with Crippen LogP contribution in [0.4, 0.5) is 0 Å². The summed E-state index contributed by atoms with van der Waals surface area (Å²) in [5, 5.41) is 22.2. The lowest BCUT2D eigenvalue weighted by Crippen LogP contribution is -1.88. The fourth-order valence-electron chi connectivity index (χ4n) is 1.24. The maximum Gasteiger partial charge on any atom is 0.175 e. The second kappa shape index (κ2) is 8.72. The molecule has 0 saturated heterocycles. The fraction of sp³-hybridized carbons (Fsp3) is 0. The van der Waals surface area contributed by atoms with Gasteiger partial charge in [-0.2, -0.15) is 0 Å². The molecule has 98 valence electrons. The van der Waals surface area contributed by atoms with Gasteiger partial charge in [-0.1, -0.05) is 82.6 Å². The lowest BCUT2D eigenvalue weighted by Gasteiger charge is -1.91. The van der Waals surface area contributed by atoms with Crippen LogP contribution in [0.5, 0.6) is 0 Å². The van der Waals surface area contributed by atoms with Crippen molar-refractivity contribution in [3.05, 3.63) is 71.8 Å². The first kappa shape index (κ1) is 14.7. The molecule has 5 heteroatoms. The lowest BCUT2D eigenvalue weighted by molar-refractivity contribution is 0.321. The Kier molecular flexibility index (Phi) is 6.76. The number of hydrogen-bond acceptors (Lipinski definition) is 4. The maximum absolute atomic E-state index is 8.24.